The van der Waals surface area contributed by atoms with Crippen molar-refractivity contribution in [2.75, 3.05) is 12.4 Å². The summed E-state index contributed by atoms with van der Waals surface area (Å²) in [5.74, 6) is -2.20. The average molecular weight is 446 g/mol. The number of hydrogen-bond acceptors (Lipinski definition) is 7. The van der Waals surface area contributed by atoms with Crippen LogP contribution in [0.25, 0.3) is 16.7 Å². The Morgan fingerprint density at radius 3 is 2.42 bits per heavy atom. The quantitative estimate of drug-likeness (QED) is 0.461. The Hall–Kier alpha value is -4.66. The van der Waals surface area contributed by atoms with Crippen LogP contribution in [0.4, 0.5) is 5.69 Å². The molecule has 0 aliphatic rings. The first-order valence-electron chi connectivity index (χ1n) is 9.79. The molecule has 166 valence electrons. The third-order valence-corrected chi connectivity index (χ3v) is 4.98. The van der Waals surface area contributed by atoms with Crippen molar-refractivity contribution in [1.82, 2.24) is 4.57 Å². The highest BCUT2D eigenvalue weighted by Gasteiger charge is 2.26. The van der Waals surface area contributed by atoms with Gasteiger partial charge in [-0.15, -0.1) is 0 Å². The number of pyridine rings is 1. The van der Waals surface area contributed by atoms with Gasteiger partial charge < -0.3 is 19.6 Å². The van der Waals surface area contributed by atoms with Crippen molar-refractivity contribution in [1.29, 1.82) is 0 Å². The number of hydrogen-bond donors (Lipinski definition) is 2. The van der Waals surface area contributed by atoms with Crippen LogP contribution in [0, 0.1) is 6.92 Å². The van der Waals surface area contributed by atoms with E-state index in [2.05, 4.69) is 5.32 Å². The summed E-state index contributed by atoms with van der Waals surface area (Å²) < 4.78 is 10.8. The number of benzene rings is 2. The SMILES string of the molecule is COC(=O)c1c(=O)n(-c2cccc(C)c2)c(O)c2cc(NC(=O)c3ccccc3)c(=O)oc12. The number of aromatic hydroxyl groups is 1. The number of carbonyl (C=O) groups excluding carboxylic acids is 2. The summed E-state index contributed by atoms with van der Waals surface area (Å²) in [4.78, 5) is 50.6. The first kappa shape index (κ1) is 21.6. The number of amides is 1. The molecule has 2 aromatic heterocycles. The summed E-state index contributed by atoms with van der Waals surface area (Å²) in [6, 6.07) is 16.0. The zero-order valence-corrected chi connectivity index (χ0v) is 17.6. The van der Waals surface area contributed by atoms with Crippen LogP contribution in [0.15, 0.2) is 74.7 Å². The summed E-state index contributed by atoms with van der Waals surface area (Å²) in [7, 11) is 1.07. The molecule has 0 aliphatic heterocycles. The van der Waals surface area contributed by atoms with Crippen molar-refractivity contribution in [2.24, 2.45) is 0 Å². The summed E-state index contributed by atoms with van der Waals surface area (Å²) in [5.41, 5.74) is -1.86. The zero-order valence-electron chi connectivity index (χ0n) is 17.6. The summed E-state index contributed by atoms with van der Waals surface area (Å²) in [5, 5.41) is 13.2. The van der Waals surface area contributed by atoms with E-state index in [9.17, 15) is 24.3 Å². The van der Waals surface area contributed by atoms with E-state index >= 15 is 0 Å². The number of nitrogens with zero attached hydrogens (tertiary/aromatic N) is 1. The Morgan fingerprint density at radius 2 is 1.76 bits per heavy atom. The summed E-state index contributed by atoms with van der Waals surface area (Å²) >= 11 is 0. The highest BCUT2D eigenvalue weighted by Crippen LogP contribution is 2.29. The fraction of sp³-hybridized carbons (Fsp3) is 0.0833. The molecule has 2 heterocycles. The molecule has 9 heteroatoms. The van der Waals surface area contributed by atoms with Crippen LogP contribution in [0.5, 0.6) is 5.88 Å². The molecule has 0 fully saturated rings. The zero-order chi connectivity index (χ0) is 23.7. The molecule has 9 nitrogen and oxygen atoms in total. The Labute approximate surface area is 186 Å². The normalized spacial score (nSPS) is 10.7. The van der Waals surface area contributed by atoms with E-state index < -0.39 is 40.1 Å². The molecule has 0 saturated carbocycles. The van der Waals surface area contributed by atoms with Crippen LogP contribution >= 0.6 is 0 Å². The predicted molar refractivity (Wildman–Crippen MR) is 120 cm³/mol. The number of nitrogens with one attached hydrogen (secondary N) is 1. The molecule has 0 atom stereocenters. The predicted octanol–water partition coefficient (Wildman–Crippen LogP) is 3.00. The number of carbonyl (C=O) groups is 2. The van der Waals surface area contributed by atoms with Gasteiger partial charge in [0.1, 0.15) is 5.69 Å². The van der Waals surface area contributed by atoms with Gasteiger partial charge in [0.25, 0.3) is 11.5 Å². The largest absolute Gasteiger partial charge is 0.494 e. The molecule has 0 unspecified atom stereocenters. The molecule has 0 radical (unpaired) electrons. The second kappa shape index (κ2) is 8.46. The van der Waals surface area contributed by atoms with E-state index in [0.717, 1.165) is 23.3 Å². The lowest BCUT2D eigenvalue weighted by Crippen LogP contribution is -2.27. The van der Waals surface area contributed by atoms with Gasteiger partial charge in [-0.2, -0.15) is 0 Å². The molecular formula is C24H18N2O7. The van der Waals surface area contributed by atoms with Crippen LogP contribution in [-0.4, -0.2) is 28.7 Å². The average Bonchev–Trinajstić information content (AvgIpc) is 2.80. The van der Waals surface area contributed by atoms with Gasteiger partial charge in [-0.1, -0.05) is 30.3 Å². The van der Waals surface area contributed by atoms with Gasteiger partial charge in [-0.3, -0.25) is 9.59 Å². The summed E-state index contributed by atoms with van der Waals surface area (Å²) in [6.07, 6.45) is 0. The first-order valence-corrected chi connectivity index (χ1v) is 9.79. The van der Waals surface area contributed by atoms with Crippen LogP contribution in [0.3, 0.4) is 0 Å². The lowest BCUT2D eigenvalue weighted by Gasteiger charge is -2.14. The molecule has 4 aromatic rings. The minimum Gasteiger partial charge on any atom is -0.494 e. The van der Waals surface area contributed by atoms with Gasteiger partial charge in [-0.05, 0) is 42.8 Å². The maximum absolute atomic E-state index is 13.1. The molecule has 2 N–H and O–H groups in total. The van der Waals surface area contributed by atoms with Gasteiger partial charge in [0.2, 0.25) is 5.88 Å². The van der Waals surface area contributed by atoms with E-state index in [-0.39, 0.29) is 16.8 Å². The molecule has 0 saturated heterocycles. The van der Waals surface area contributed by atoms with Crippen LogP contribution in [-0.2, 0) is 4.74 Å². The minimum absolute atomic E-state index is 0.139. The van der Waals surface area contributed by atoms with Crippen molar-refractivity contribution < 1.29 is 23.8 Å². The maximum atomic E-state index is 13.1. The van der Waals surface area contributed by atoms with E-state index in [1.54, 1.807) is 61.5 Å². The van der Waals surface area contributed by atoms with Gasteiger partial charge in [0.15, 0.2) is 11.1 Å². The van der Waals surface area contributed by atoms with E-state index in [1.165, 1.54) is 0 Å². The number of aryl methyl sites for hydroxylation is 1. The van der Waals surface area contributed by atoms with Crippen molar-refractivity contribution >= 4 is 28.5 Å². The number of aromatic nitrogens is 1. The smallest absolute Gasteiger partial charge is 0.360 e. The van der Waals surface area contributed by atoms with Crippen molar-refractivity contribution in [3.63, 3.8) is 0 Å². The van der Waals surface area contributed by atoms with Crippen LogP contribution < -0.4 is 16.5 Å². The Bertz CT molecular complexity index is 1520. The molecule has 2 aromatic carbocycles. The second-order valence-electron chi connectivity index (χ2n) is 7.18. The molecule has 0 spiro atoms. The molecule has 0 bridgehead atoms. The lowest BCUT2D eigenvalue weighted by atomic mass is 10.1. The standard InChI is InChI=1S/C24H18N2O7/c1-13-7-6-10-15(11-13)26-21(28)16-12-17(25-20(27)14-8-4-3-5-9-14)23(30)33-19(16)18(22(26)29)24(31)32-2/h3-12,28H,1-2H3,(H,25,27). The second-order valence-corrected chi connectivity index (χ2v) is 7.18. The monoisotopic (exact) mass is 446 g/mol. The minimum atomic E-state index is -1.05. The van der Waals surface area contributed by atoms with E-state index in [1.807, 2.05) is 0 Å². The number of anilines is 1. The maximum Gasteiger partial charge on any atom is 0.360 e. The molecule has 33 heavy (non-hydrogen) atoms. The van der Waals surface area contributed by atoms with Crippen molar-refractivity contribution in [3.8, 4) is 11.6 Å². The third-order valence-electron chi connectivity index (χ3n) is 4.98. The topological polar surface area (TPSA) is 128 Å². The van der Waals surface area contributed by atoms with Gasteiger partial charge in [0, 0.05) is 5.56 Å². The number of esters is 1. The van der Waals surface area contributed by atoms with Crippen molar-refractivity contribution in [2.45, 2.75) is 6.92 Å². The Kier molecular flexibility index (Phi) is 5.53. The highest BCUT2D eigenvalue weighted by atomic mass is 16.5. The van der Waals surface area contributed by atoms with Crippen molar-refractivity contribution in [3.05, 3.63) is 98.1 Å². The van der Waals surface area contributed by atoms with Gasteiger partial charge in [-0.25, -0.2) is 14.2 Å². The van der Waals surface area contributed by atoms with E-state index in [0.29, 0.717) is 5.56 Å². The molecule has 1 amide bonds. The van der Waals surface area contributed by atoms with Gasteiger partial charge >= 0.3 is 11.6 Å². The fourth-order valence-electron chi connectivity index (χ4n) is 3.41. The molecule has 0 aliphatic carbocycles. The Morgan fingerprint density at radius 1 is 1.03 bits per heavy atom. The molecule has 4 rings (SSSR count). The number of ether oxygens (including phenoxy) is 1. The first-order chi connectivity index (χ1) is 15.8. The third kappa shape index (κ3) is 3.87. The summed E-state index contributed by atoms with van der Waals surface area (Å²) in [6.45, 7) is 1.80. The fourth-order valence-corrected chi connectivity index (χ4v) is 3.41. The Balaban J connectivity index is 1.98. The highest BCUT2D eigenvalue weighted by molar-refractivity contribution is 6.06. The number of methoxy groups -OCH3 is 1. The number of rotatable bonds is 4. The van der Waals surface area contributed by atoms with E-state index in [4.69, 9.17) is 9.15 Å². The van der Waals surface area contributed by atoms with Crippen LogP contribution in [0.2, 0.25) is 0 Å². The lowest BCUT2D eigenvalue weighted by molar-refractivity contribution is 0.0599. The molecular weight excluding hydrogens is 428 g/mol. The van der Waals surface area contributed by atoms with Crippen LogP contribution in [0.1, 0.15) is 26.3 Å². The van der Waals surface area contributed by atoms with Gasteiger partial charge in [0.05, 0.1) is 18.2 Å². The number of fused-ring (bicyclic) bond motifs is 1.